The van der Waals surface area contributed by atoms with Crippen LogP contribution in [0.3, 0.4) is 0 Å². The number of rotatable bonds is 4. The maximum atomic E-state index is 12.5. The molecule has 1 heterocycles. The Balaban J connectivity index is 2.55. The molecule has 1 unspecified atom stereocenters. The van der Waals surface area contributed by atoms with Crippen molar-refractivity contribution in [2.45, 2.75) is 12.3 Å². The molecule has 0 aromatic rings. The van der Waals surface area contributed by atoms with Crippen LogP contribution in [0.2, 0.25) is 0 Å². The number of carbonyl (C=O) groups is 1. The van der Waals surface area contributed by atoms with Crippen LogP contribution in [0, 0.1) is 0 Å². The number of amides is 1. The van der Waals surface area contributed by atoms with E-state index in [4.69, 9.17) is 9.84 Å². The highest BCUT2D eigenvalue weighted by atomic mass is 19.1. The van der Waals surface area contributed by atoms with Crippen LogP contribution in [0.5, 0.6) is 0 Å². The summed E-state index contributed by atoms with van der Waals surface area (Å²) in [5, 5.41) is 8.75. The monoisotopic (exact) mass is 238 g/mol. The molecule has 16 heavy (non-hydrogen) atoms. The van der Waals surface area contributed by atoms with Gasteiger partial charge in [-0.2, -0.15) is 0 Å². The molecular formula is C9H16F2N2O3. The Bertz CT molecular complexity index is 239. The molecule has 0 saturated carbocycles. The number of ether oxygens (including phenoxy) is 1. The number of carboxylic acid groups (broad SMARTS) is 1. The molecule has 0 spiro atoms. The molecule has 1 rings (SSSR count). The third-order valence-electron chi connectivity index (χ3n) is 2.69. The highest BCUT2D eigenvalue weighted by molar-refractivity contribution is 5.64. The fraction of sp³-hybridized carbons (Fsp3) is 0.889. The van der Waals surface area contributed by atoms with Crippen molar-refractivity contribution in [1.82, 2.24) is 9.80 Å². The topological polar surface area (TPSA) is 53.0 Å². The number of hydrogen-bond acceptors (Lipinski definition) is 3. The molecule has 1 atom stereocenters. The molecule has 0 radical (unpaired) electrons. The molecule has 0 bridgehead atoms. The van der Waals surface area contributed by atoms with Crippen molar-refractivity contribution >= 4 is 6.09 Å². The summed E-state index contributed by atoms with van der Waals surface area (Å²) >= 11 is 0. The first-order valence-corrected chi connectivity index (χ1v) is 5.03. The normalized spacial score (nSPS) is 22.4. The number of hydrogen-bond donors (Lipinski definition) is 1. The molecule has 1 N–H and O–H groups in total. The maximum absolute atomic E-state index is 12.5. The molecule has 1 saturated heterocycles. The zero-order chi connectivity index (χ0) is 12.1. The van der Waals surface area contributed by atoms with Gasteiger partial charge in [-0.05, 0) is 0 Å². The van der Waals surface area contributed by atoms with E-state index in [9.17, 15) is 13.6 Å². The van der Waals surface area contributed by atoms with Crippen LogP contribution in [-0.4, -0.2) is 73.4 Å². The van der Waals surface area contributed by atoms with Gasteiger partial charge in [-0.3, -0.25) is 9.80 Å². The summed E-state index contributed by atoms with van der Waals surface area (Å²) in [6.07, 6.45) is -1.78. The van der Waals surface area contributed by atoms with Crippen LogP contribution < -0.4 is 0 Å². The molecule has 1 amide bonds. The van der Waals surface area contributed by atoms with Gasteiger partial charge in [-0.1, -0.05) is 0 Å². The summed E-state index contributed by atoms with van der Waals surface area (Å²) < 4.78 is 30.2. The smallest absolute Gasteiger partial charge is 0.409 e. The van der Waals surface area contributed by atoms with Crippen molar-refractivity contribution in [2.75, 3.05) is 40.1 Å². The average molecular weight is 238 g/mol. The third-order valence-corrected chi connectivity index (χ3v) is 2.69. The van der Waals surface area contributed by atoms with Crippen molar-refractivity contribution in [3.8, 4) is 0 Å². The van der Waals surface area contributed by atoms with Crippen LogP contribution in [-0.2, 0) is 4.74 Å². The zero-order valence-corrected chi connectivity index (χ0v) is 9.10. The quantitative estimate of drug-likeness (QED) is 0.777. The second kappa shape index (κ2) is 5.95. The fourth-order valence-electron chi connectivity index (χ4n) is 1.58. The van der Waals surface area contributed by atoms with Crippen LogP contribution in [0.15, 0.2) is 0 Å². The Kier molecular flexibility index (Phi) is 4.88. The van der Waals surface area contributed by atoms with Gasteiger partial charge in [-0.15, -0.1) is 0 Å². The molecule has 1 fully saturated rings. The summed E-state index contributed by atoms with van der Waals surface area (Å²) in [5.41, 5.74) is 0. The lowest BCUT2D eigenvalue weighted by Gasteiger charge is -2.38. The largest absolute Gasteiger partial charge is 0.465 e. The van der Waals surface area contributed by atoms with Crippen molar-refractivity contribution < 1.29 is 23.4 Å². The Labute approximate surface area is 92.6 Å². The van der Waals surface area contributed by atoms with Gasteiger partial charge < -0.3 is 9.84 Å². The van der Waals surface area contributed by atoms with Crippen molar-refractivity contribution in [1.29, 1.82) is 0 Å². The summed E-state index contributed by atoms with van der Waals surface area (Å²) in [4.78, 5) is 13.3. The summed E-state index contributed by atoms with van der Waals surface area (Å²) in [5.74, 6) is 0. The first-order chi connectivity index (χ1) is 7.60. The number of nitrogens with zero attached hydrogens (tertiary/aromatic N) is 2. The van der Waals surface area contributed by atoms with E-state index in [1.807, 2.05) is 0 Å². The second-order valence-electron chi connectivity index (χ2n) is 3.68. The van der Waals surface area contributed by atoms with E-state index in [0.717, 1.165) is 4.90 Å². The summed E-state index contributed by atoms with van der Waals surface area (Å²) in [7, 11) is 1.37. The van der Waals surface area contributed by atoms with E-state index < -0.39 is 31.7 Å². The van der Waals surface area contributed by atoms with E-state index in [0.29, 0.717) is 6.54 Å². The van der Waals surface area contributed by atoms with E-state index >= 15 is 0 Å². The van der Waals surface area contributed by atoms with Crippen LogP contribution in [0.25, 0.3) is 0 Å². The summed E-state index contributed by atoms with van der Waals surface area (Å²) in [6.45, 7) is -0.664. The lowest BCUT2D eigenvalue weighted by Crippen LogP contribution is -2.55. The predicted octanol–water partition coefficient (Wildman–Crippen LogP) is 0.562. The highest BCUT2D eigenvalue weighted by Gasteiger charge is 2.30. The van der Waals surface area contributed by atoms with Gasteiger partial charge in [0.1, 0.15) is 19.6 Å². The minimum absolute atomic E-state index is 0.196. The standard InChI is InChI=1S/C9H16F2N2O3/c1-12(9(14)15)8-6-13(2-3-16-8)7(4-10)5-11/h7-8H,2-6H2,1H3,(H,14,15). The number of alkyl halides is 2. The van der Waals surface area contributed by atoms with E-state index in [2.05, 4.69) is 0 Å². The van der Waals surface area contributed by atoms with Crippen LogP contribution in [0.1, 0.15) is 0 Å². The van der Waals surface area contributed by atoms with Gasteiger partial charge in [0.15, 0.2) is 0 Å². The van der Waals surface area contributed by atoms with E-state index in [1.54, 1.807) is 4.90 Å². The zero-order valence-electron chi connectivity index (χ0n) is 9.10. The highest BCUT2D eigenvalue weighted by Crippen LogP contribution is 2.12. The molecule has 7 heteroatoms. The molecule has 1 aliphatic rings. The van der Waals surface area contributed by atoms with Gasteiger partial charge in [-0.25, -0.2) is 13.6 Å². The molecule has 94 valence electrons. The third kappa shape index (κ3) is 3.02. The SMILES string of the molecule is CN(C(=O)O)C1CN(C(CF)CF)CCO1. The summed E-state index contributed by atoms with van der Waals surface area (Å²) in [6, 6.07) is -0.798. The van der Waals surface area contributed by atoms with Gasteiger partial charge in [0.2, 0.25) is 0 Å². The molecule has 0 aromatic heterocycles. The minimum Gasteiger partial charge on any atom is -0.465 e. The van der Waals surface area contributed by atoms with Crippen molar-refractivity contribution in [3.05, 3.63) is 0 Å². The Morgan fingerprint density at radius 1 is 1.62 bits per heavy atom. The van der Waals surface area contributed by atoms with E-state index in [1.165, 1.54) is 7.05 Å². The Morgan fingerprint density at radius 2 is 2.25 bits per heavy atom. The maximum Gasteiger partial charge on any atom is 0.409 e. The predicted molar refractivity (Wildman–Crippen MR) is 52.8 cm³/mol. The number of likely N-dealkylation sites (N-methyl/N-ethyl adjacent to an activating group) is 1. The molecule has 0 aromatic carbocycles. The molecular weight excluding hydrogens is 222 g/mol. The van der Waals surface area contributed by atoms with Gasteiger partial charge in [0, 0.05) is 20.1 Å². The van der Waals surface area contributed by atoms with Crippen molar-refractivity contribution in [3.63, 3.8) is 0 Å². The van der Waals surface area contributed by atoms with Gasteiger partial charge >= 0.3 is 6.09 Å². The van der Waals surface area contributed by atoms with Crippen LogP contribution in [0.4, 0.5) is 13.6 Å². The molecule has 0 aliphatic carbocycles. The van der Waals surface area contributed by atoms with E-state index in [-0.39, 0.29) is 13.2 Å². The van der Waals surface area contributed by atoms with Gasteiger partial charge in [0.05, 0.1) is 12.6 Å². The Hall–Kier alpha value is -0.950. The number of morpholine rings is 1. The first-order valence-electron chi connectivity index (χ1n) is 5.03. The minimum atomic E-state index is -1.12. The number of halogens is 2. The molecule has 1 aliphatic heterocycles. The first kappa shape index (κ1) is 13.1. The second-order valence-corrected chi connectivity index (χ2v) is 3.68. The fourth-order valence-corrected chi connectivity index (χ4v) is 1.58. The lowest BCUT2D eigenvalue weighted by molar-refractivity contribution is -0.105. The van der Waals surface area contributed by atoms with Crippen LogP contribution >= 0.6 is 0 Å². The Morgan fingerprint density at radius 3 is 2.75 bits per heavy atom. The van der Waals surface area contributed by atoms with Gasteiger partial charge in [0.25, 0.3) is 0 Å². The lowest BCUT2D eigenvalue weighted by atomic mass is 10.2. The molecule has 5 nitrogen and oxygen atoms in total. The average Bonchev–Trinajstić information content (AvgIpc) is 2.30. The van der Waals surface area contributed by atoms with Crippen molar-refractivity contribution in [2.24, 2.45) is 0 Å².